The van der Waals surface area contributed by atoms with E-state index in [0.29, 0.717) is 0 Å². The first-order chi connectivity index (χ1) is 9.40. The van der Waals surface area contributed by atoms with Crippen LogP contribution in [0, 0.1) is 12.3 Å². The number of nitrogens with one attached hydrogen (secondary N) is 1. The van der Waals surface area contributed by atoms with Gasteiger partial charge in [0.25, 0.3) is 0 Å². The lowest BCUT2D eigenvalue weighted by molar-refractivity contribution is 0.494. The fourth-order valence-corrected chi connectivity index (χ4v) is 2.20. The summed E-state index contributed by atoms with van der Waals surface area (Å²) in [6, 6.07) is 6.57. The van der Waals surface area contributed by atoms with E-state index in [0.717, 1.165) is 6.54 Å². The molecule has 1 rings (SSSR count). The van der Waals surface area contributed by atoms with E-state index < -0.39 is 0 Å². The minimum Gasteiger partial charge on any atom is -0.380 e. The molecule has 0 unspecified atom stereocenters. The molecule has 0 aromatic heterocycles. The molecule has 0 aliphatic heterocycles. The lowest BCUT2D eigenvalue weighted by Gasteiger charge is -2.29. The normalized spacial score (nSPS) is 12.2. The third kappa shape index (κ3) is 5.45. The highest BCUT2D eigenvalue weighted by Crippen LogP contribution is 2.28. The third-order valence-corrected chi connectivity index (χ3v) is 3.62. The summed E-state index contributed by atoms with van der Waals surface area (Å²) in [5, 5.41) is 3.52. The Bertz CT molecular complexity index is 501. The van der Waals surface area contributed by atoms with Gasteiger partial charge in [0.15, 0.2) is 0 Å². The Morgan fingerprint density at radius 3 is 2.14 bits per heavy atom. The summed E-state index contributed by atoms with van der Waals surface area (Å²) in [5.41, 5.74) is 5.21. The van der Waals surface area contributed by atoms with Gasteiger partial charge in [0.1, 0.15) is 0 Å². The highest BCUT2D eigenvalue weighted by molar-refractivity contribution is 5.61. The number of nitrogens with zero attached hydrogens (tertiary/aromatic N) is 1. The Morgan fingerprint density at radius 2 is 1.71 bits per heavy atom. The molecule has 1 N–H and O–H groups in total. The van der Waals surface area contributed by atoms with Crippen LogP contribution in [-0.4, -0.2) is 19.1 Å². The van der Waals surface area contributed by atoms with Gasteiger partial charge in [-0.25, -0.2) is 0 Å². The molecule has 0 saturated heterocycles. The number of anilines is 2. The zero-order valence-corrected chi connectivity index (χ0v) is 15.1. The van der Waals surface area contributed by atoms with Crippen molar-refractivity contribution in [2.24, 2.45) is 5.41 Å². The van der Waals surface area contributed by atoms with Crippen LogP contribution in [0.1, 0.15) is 47.1 Å². The Balaban J connectivity index is 2.87. The zero-order chi connectivity index (χ0) is 16.4. The Kier molecular flexibility index (Phi) is 5.14. The van der Waals surface area contributed by atoms with Gasteiger partial charge in [-0.15, -0.1) is 0 Å². The van der Waals surface area contributed by atoms with Crippen LogP contribution in [0.3, 0.4) is 0 Å². The summed E-state index contributed by atoms with van der Waals surface area (Å²) < 4.78 is 0. The molecule has 0 atom stereocenters. The van der Waals surface area contributed by atoms with Crippen molar-refractivity contribution in [3.05, 3.63) is 35.9 Å². The zero-order valence-electron chi connectivity index (χ0n) is 15.1. The van der Waals surface area contributed by atoms with Crippen LogP contribution in [0.15, 0.2) is 30.4 Å². The topological polar surface area (TPSA) is 15.3 Å². The Labute approximate surface area is 131 Å². The molecule has 1 aromatic rings. The summed E-state index contributed by atoms with van der Waals surface area (Å²) in [6.45, 7) is 20.5. The van der Waals surface area contributed by atoms with Gasteiger partial charge in [-0.05, 0) is 56.9 Å². The van der Waals surface area contributed by atoms with Crippen LogP contribution in [0.4, 0.5) is 11.4 Å². The van der Waals surface area contributed by atoms with E-state index in [9.17, 15) is 0 Å². The van der Waals surface area contributed by atoms with E-state index in [1.807, 2.05) is 0 Å². The van der Waals surface area contributed by atoms with Crippen molar-refractivity contribution in [3.8, 4) is 0 Å². The van der Waals surface area contributed by atoms with Crippen molar-refractivity contribution in [1.29, 1.82) is 0 Å². The van der Waals surface area contributed by atoms with Crippen molar-refractivity contribution < 1.29 is 0 Å². The molecular formula is C19H32N2. The van der Waals surface area contributed by atoms with Crippen LogP contribution >= 0.6 is 0 Å². The molecule has 0 spiro atoms. The van der Waals surface area contributed by atoms with Crippen molar-refractivity contribution in [2.45, 2.75) is 54.0 Å². The van der Waals surface area contributed by atoms with Gasteiger partial charge in [-0.3, -0.25) is 0 Å². The summed E-state index contributed by atoms with van der Waals surface area (Å²) in [4.78, 5) is 2.28. The average Bonchev–Trinajstić information content (AvgIpc) is 2.24. The maximum absolute atomic E-state index is 4.23. The van der Waals surface area contributed by atoms with E-state index in [1.54, 1.807) is 0 Å². The average molecular weight is 288 g/mol. The second-order valence-electron chi connectivity index (χ2n) is 8.09. The number of aryl methyl sites for hydroxylation is 1. The standard InChI is InChI=1S/C19H32N2/c1-14-12-16(20-19(6,7)8)10-11-17(14)21(9)13-15(2)18(3,4)5/h10-12,20H,2,13H2,1,3-9H3. The Morgan fingerprint density at radius 1 is 1.14 bits per heavy atom. The first-order valence-corrected chi connectivity index (χ1v) is 7.68. The van der Waals surface area contributed by atoms with Gasteiger partial charge in [0, 0.05) is 30.5 Å². The molecule has 21 heavy (non-hydrogen) atoms. The largest absolute Gasteiger partial charge is 0.380 e. The molecule has 0 radical (unpaired) electrons. The third-order valence-electron chi connectivity index (χ3n) is 3.62. The summed E-state index contributed by atoms with van der Waals surface area (Å²) in [5.74, 6) is 0. The summed E-state index contributed by atoms with van der Waals surface area (Å²) >= 11 is 0. The Hall–Kier alpha value is -1.44. The minimum absolute atomic E-state index is 0.0837. The SMILES string of the molecule is C=C(CN(C)c1ccc(NC(C)(C)C)cc1C)C(C)(C)C. The molecule has 0 bridgehead atoms. The van der Waals surface area contributed by atoms with Gasteiger partial charge < -0.3 is 10.2 Å². The van der Waals surface area contributed by atoms with Crippen molar-refractivity contribution in [3.63, 3.8) is 0 Å². The summed E-state index contributed by atoms with van der Waals surface area (Å²) in [7, 11) is 2.14. The highest BCUT2D eigenvalue weighted by Gasteiger charge is 2.17. The van der Waals surface area contributed by atoms with Gasteiger partial charge in [-0.2, -0.15) is 0 Å². The van der Waals surface area contributed by atoms with Crippen LogP contribution in [0.25, 0.3) is 0 Å². The number of likely N-dealkylation sites (N-methyl/N-ethyl adjacent to an activating group) is 1. The molecule has 0 aliphatic rings. The van der Waals surface area contributed by atoms with Crippen molar-refractivity contribution in [2.75, 3.05) is 23.8 Å². The molecule has 0 amide bonds. The molecule has 2 heteroatoms. The maximum Gasteiger partial charge on any atom is 0.0397 e. The van der Waals surface area contributed by atoms with Gasteiger partial charge in [0.05, 0.1) is 0 Å². The first-order valence-electron chi connectivity index (χ1n) is 7.68. The lowest BCUT2D eigenvalue weighted by Crippen LogP contribution is -2.27. The van der Waals surface area contributed by atoms with E-state index in [4.69, 9.17) is 0 Å². The summed E-state index contributed by atoms with van der Waals surface area (Å²) in [6.07, 6.45) is 0. The van der Waals surface area contributed by atoms with Gasteiger partial charge in [-0.1, -0.05) is 32.9 Å². The number of hydrogen-bond acceptors (Lipinski definition) is 2. The van der Waals surface area contributed by atoms with Crippen molar-refractivity contribution >= 4 is 11.4 Å². The van der Waals surface area contributed by atoms with E-state index in [-0.39, 0.29) is 11.0 Å². The van der Waals surface area contributed by atoms with Gasteiger partial charge >= 0.3 is 0 Å². The number of benzene rings is 1. The van der Waals surface area contributed by atoms with E-state index in [2.05, 4.69) is 90.5 Å². The second-order valence-corrected chi connectivity index (χ2v) is 8.09. The molecule has 0 fully saturated rings. The highest BCUT2D eigenvalue weighted by atomic mass is 15.1. The monoisotopic (exact) mass is 288 g/mol. The van der Waals surface area contributed by atoms with E-state index in [1.165, 1.54) is 22.5 Å². The molecule has 2 nitrogen and oxygen atoms in total. The minimum atomic E-state index is 0.0837. The quantitative estimate of drug-likeness (QED) is 0.762. The molecule has 1 aromatic carbocycles. The molecule has 0 heterocycles. The molecule has 0 saturated carbocycles. The molecule has 0 aliphatic carbocycles. The predicted octanol–water partition coefficient (Wildman–Crippen LogP) is 5.24. The smallest absolute Gasteiger partial charge is 0.0397 e. The first kappa shape index (κ1) is 17.6. The molecular weight excluding hydrogens is 256 g/mol. The van der Waals surface area contributed by atoms with Crippen LogP contribution in [0.5, 0.6) is 0 Å². The predicted molar refractivity (Wildman–Crippen MR) is 96.4 cm³/mol. The lowest BCUT2D eigenvalue weighted by atomic mass is 9.87. The second kappa shape index (κ2) is 6.13. The maximum atomic E-state index is 4.23. The van der Waals surface area contributed by atoms with Gasteiger partial charge in [0.2, 0.25) is 0 Å². The van der Waals surface area contributed by atoms with Crippen LogP contribution < -0.4 is 10.2 Å². The number of rotatable bonds is 4. The van der Waals surface area contributed by atoms with E-state index >= 15 is 0 Å². The fourth-order valence-electron chi connectivity index (χ4n) is 2.20. The number of hydrogen-bond donors (Lipinski definition) is 1. The van der Waals surface area contributed by atoms with Crippen molar-refractivity contribution in [1.82, 2.24) is 0 Å². The molecule has 118 valence electrons. The van der Waals surface area contributed by atoms with Crippen LogP contribution in [0.2, 0.25) is 0 Å². The fraction of sp³-hybridized carbons (Fsp3) is 0.579. The van der Waals surface area contributed by atoms with Crippen LogP contribution in [-0.2, 0) is 0 Å².